The summed E-state index contributed by atoms with van der Waals surface area (Å²) >= 11 is 0. The van der Waals surface area contributed by atoms with Crippen LogP contribution in [0.4, 0.5) is 5.69 Å². The first-order valence-electron chi connectivity index (χ1n) is 12.1. The molecule has 0 radical (unpaired) electrons. The van der Waals surface area contributed by atoms with Gasteiger partial charge in [-0.15, -0.1) is 0 Å². The minimum atomic E-state index is -0.613. The Hall–Kier alpha value is -3.11. The van der Waals surface area contributed by atoms with E-state index in [1.54, 1.807) is 0 Å². The number of likely N-dealkylation sites (N-methyl/N-ethyl adjacent to an activating group) is 1. The smallest absolute Gasteiger partial charge is 0.335 e. The van der Waals surface area contributed by atoms with Gasteiger partial charge in [-0.1, -0.05) is 86.6 Å². The van der Waals surface area contributed by atoms with Gasteiger partial charge in [-0.05, 0) is 47.1 Å². The fourth-order valence-electron chi connectivity index (χ4n) is 4.89. The Morgan fingerprint density at radius 1 is 0.941 bits per heavy atom. The Morgan fingerprint density at radius 2 is 1.59 bits per heavy atom. The van der Waals surface area contributed by atoms with Crippen LogP contribution in [0.3, 0.4) is 0 Å². The molecule has 0 fully saturated rings. The normalized spacial score (nSPS) is 17.2. The second kappa shape index (κ2) is 10.9. The summed E-state index contributed by atoms with van der Waals surface area (Å²) in [6.45, 7) is 5.17. The third-order valence-corrected chi connectivity index (χ3v) is 6.63. The number of carbonyl (C=O) groups is 1. The summed E-state index contributed by atoms with van der Waals surface area (Å²) in [7, 11) is 3.59. The van der Waals surface area contributed by atoms with Gasteiger partial charge in [-0.2, -0.15) is 0 Å². The van der Waals surface area contributed by atoms with Crippen LogP contribution in [-0.4, -0.2) is 32.8 Å². The van der Waals surface area contributed by atoms with E-state index in [9.17, 15) is 4.79 Å². The predicted molar refractivity (Wildman–Crippen MR) is 137 cm³/mol. The van der Waals surface area contributed by atoms with Gasteiger partial charge >= 0.3 is 5.97 Å². The molecule has 1 heterocycles. The molecule has 34 heavy (non-hydrogen) atoms. The van der Waals surface area contributed by atoms with Crippen molar-refractivity contribution in [1.29, 1.82) is 0 Å². The van der Waals surface area contributed by atoms with Crippen molar-refractivity contribution in [3.8, 4) is 0 Å². The van der Waals surface area contributed by atoms with E-state index in [0.717, 1.165) is 24.1 Å². The molecule has 0 aliphatic carbocycles. The number of fused-ring (bicyclic) bond motifs is 1. The number of esters is 1. The zero-order chi connectivity index (χ0) is 24.1. The summed E-state index contributed by atoms with van der Waals surface area (Å²) < 4.78 is 11.5. The van der Waals surface area contributed by atoms with E-state index in [4.69, 9.17) is 9.47 Å². The molecular formula is C30H35NO3. The van der Waals surface area contributed by atoms with Crippen molar-refractivity contribution >= 4 is 11.7 Å². The molecule has 1 unspecified atom stereocenters. The van der Waals surface area contributed by atoms with Crippen molar-refractivity contribution in [2.24, 2.45) is 5.92 Å². The van der Waals surface area contributed by atoms with Gasteiger partial charge in [-0.25, -0.2) is 4.79 Å². The van der Waals surface area contributed by atoms with E-state index in [-0.39, 0.29) is 12.1 Å². The zero-order valence-corrected chi connectivity index (χ0v) is 20.6. The molecule has 1 aliphatic rings. The molecule has 3 aromatic rings. The average molecular weight is 458 g/mol. The van der Waals surface area contributed by atoms with E-state index >= 15 is 0 Å². The third kappa shape index (κ3) is 5.51. The molecule has 3 atom stereocenters. The van der Waals surface area contributed by atoms with Crippen LogP contribution in [-0.2, 0) is 20.7 Å². The molecule has 4 rings (SSSR count). The molecule has 0 spiro atoms. The topological polar surface area (TPSA) is 38.8 Å². The number of nitrogens with zero attached hydrogens (tertiary/aromatic N) is 1. The zero-order valence-electron chi connectivity index (χ0n) is 20.6. The minimum Gasteiger partial charge on any atom is -0.467 e. The maximum atomic E-state index is 12.5. The summed E-state index contributed by atoms with van der Waals surface area (Å²) in [6.07, 6.45) is 0.699. The Balaban J connectivity index is 1.60. The second-order valence-corrected chi connectivity index (χ2v) is 9.65. The second-order valence-electron chi connectivity index (χ2n) is 9.65. The van der Waals surface area contributed by atoms with Crippen molar-refractivity contribution in [2.45, 2.75) is 44.8 Å². The van der Waals surface area contributed by atoms with Crippen molar-refractivity contribution in [3.63, 3.8) is 0 Å². The highest BCUT2D eigenvalue weighted by atomic mass is 16.6. The van der Waals surface area contributed by atoms with E-state index in [2.05, 4.69) is 86.5 Å². The Bertz CT molecular complexity index is 1080. The lowest BCUT2D eigenvalue weighted by Crippen LogP contribution is -2.31. The fourth-order valence-corrected chi connectivity index (χ4v) is 4.89. The lowest BCUT2D eigenvalue weighted by molar-refractivity contribution is -0.158. The summed E-state index contributed by atoms with van der Waals surface area (Å²) in [5, 5.41) is 0. The number of benzene rings is 3. The van der Waals surface area contributed by atoms with E-state index in [0.29, 0.717) is 18.3 Å². The Morgan fingerprint density at radius 3 is 2.26 bits per heavy atom. The van der Waals surface area contributed by atoms with Crippen LogP contribution in [0.2, 0.25) is 0 Å². The summed E-state index contributed by atoms with van der Waals surface area (Å²) in [5.41, 5.74) is 6.11. The number of carbonyl (C=O) groups excluding carboxylic acids is 1. The first-order valence-corrected chi connectivity index (χ1v) is 12.1. The minimum absolute atomic E-state index is 0.314. The Labute approximate surface area is 203 Å². The predicted octanol–water partition coefficient (Wildman–Crippen LogP) is 6.16. The molecule has 0 N–H and O–H groups in total. The quantitative estimate of drug-likeness (QED) is 0.380. The molecule has 0 bridgehead atoms. The van der Waals surface area contributed by atoms with Crippen LogP contribution in [0.1, 0.15) is 54.5 Å². The fraction of sp³-hybridized carbons (Fsp3) is 0.367. The molecule has 0 saturated heterocycles. The van der Waals surface area contributed by atoms with Gasteiger partial charge < -0.3 is 14.4 Å². The monoisotopic (exact) mass is 457 g/mol. The van der Waals surface area contributed by atoms with Crippen molar-refractivity contribution in [3.05, 3.63) is 101 Å². The highest BCUT2D eigenvalue weighted by Crippen LogP contribution is 2.35. The van der Waals surface area contributed by atoms with Crippen LogP contribution in [0, 0.1) is 5.92 Å². The van der Waals surface area contributed by atoms with Gasteiger partial charge in [0.05, 0.1) is 7.11 Å². The lowest BCUT2D eigenvalue weighted by atomic mass is 9.86. The maximum absolute atomic E-state index is 12.5. The van der Waals surface area contributed by atoms with Gasteiger partial charge in [-0.3, -0.25) is 0 Å². The van der Waals surface area contributed by atoms with Crippen LogP contribution >= 0.6 is 0 Å². The number of hydrogen-bond donors (Lipinski definition) is 0. The van der Waals surface area contributed by atoms with Crippen LogP contribution in [0.25, 0.3) is 0 Å². The van der Waals surface area contributed by atoms with Crippen molar-refractivity contribution in [1.82, 2.24) is 0 Å². The first kappa shape index (κ1) is 24.0. The number of hydrogen-bond acceptors (Lipinski definition) is 4. The van der Waals surface area contributed by atoms with Gasteiger partial charge in [0.1, 0.15) is 6.10 Å². The van der Waals surface area contributed by atoms with Crippen molar-refractivity contribution < 1.29 is 14.3 Å². The molecule has 0 saturated carbocycles. The third-order valence-electron chi connectivity index (χ3n) is 6.63. The number of anilines is 1. The first-order chi connectivity index (χ1) is 16.5. The van der Waals surface area contributed by atoms with Crippen LogP contribution in [0.15, 0.2) is 78.9 Å². The largest absolute Gasteiger partial charge is 0.467 e. The summed E-state index contributed by atoms with van der Waals surface area (Å²) in [4.78, 5) is 14.8. The number of methoxy groups -OCH3 is 1. The van der Waals surface area contributed by atoms with E-state index in [1.807, 2.05) is 18.2 Å². The summed E-state index contributed by atoms with van der Waals surface area (Å²) in [5.74, 6) is 0.429. The highest BCUT2D eigenvalue weighted by molar-refractivity contribution is 5.74. The number of para-hydroxylation sites is 1. The van der Waals surface area contributed by atoms with Gasteiger partial charge in [0.2, 0.25) is 0 Å². The van der Waals surface area contributed by atoms with Gasteiger partial charge in [0.15, 0.2) is 6.10 Å². The molecule has 178 valence electrons. The van der Waals surface area contributed by atoms with Crippen molar-refractivity contribution in [2.75, 3.05) is 25.6 Å². The standard InChI is InChI=1S/C30H35NO3/c1-21(2)18-28(30(32)33-4)34-29(23-10-6-5-7-11-23)24-16-14-22(15-17-24)26-19-25-12-8-9-13-27(25)31(3)20-26/h5-17,21,26,28-29H,18-20H2,1-4H3/t26?,28-,29+/m0/s1. The molecule has 1 aliphatic heterocycles. The molecular weight excluding hydrogens is 422 g/mol. The summed E-state index contributed by atoms with van der Waals surface area (Å²) in [6, 6.07) is 27.5. The molecule has 0 aromatic heterocycles. The lowest BCUT2D eigenvalue weighted by Gasteiger charge is -2.34. The number of ether oxygens (including phenoxy) is 2. The SMILES string of the molecule is COC(=O)[C@H](CC(C)C)O[C@H](c1ccccc1)c1ccc(C2Cc3ccccc3N(C)C2)cc1. The van der Waals surface area contributed by atoms with E-state index in [1.165, 1.54) is 23.9 Å². The highest BCUT2D eigenvalue weighted by Gasteiger charge is 2.28. The van der Waals surface area contributed by atoms with Crippen LogP contribution in [0.5, 0.6) is 0 Å². The van der Waals surface area contributed by atoms with Gasteiger partial charge in [0, 0.05) is 25.2 Å². The average Bonchev–Trinajstić information content (AvgIpc) is 2.86. The van der Waals surface area contributed by atoms with Crippen LogP contribution < -0.4 is 4.90 Å². The molecule has 4 heteroatoms. The molecule has 0 amide bonds. The molecule has 3 aromatic carbocycles. The number of rotatable bonds is 8. The maximum Gasteiger partial charge on any atom is 0.335 e. The Kier molecular flexibility index (Phi) is 7.69. The molecule has 4 nitrogen and oxygen atoms in total. The van der Waals surface area contributed by atoms with Gasteiger partial charge in [0.25, 0.3) is 0 Å². The van der Waals surface area contributed by atoms with E-state index < -0.39 is 6.10 Å².